The van der Waals surface area contributed by atoms with Crippen molar-refractivity contribution in [2.24, 2.45) is 0 Å². The lowest BCUT2D eigenvalue weighted by molar-refractivity contribution is 0.420. The first-order valence-electron chi connectivity index (χ1n) is 7.09. The van der Waals surface area contributed by atoms with E-state index < -0.39 is 0 Å². The van der Waals surface area contributed by atoms with E-state index in [1.54, 1.807) is 30.3 Å². The summed E-state index contributed by atoms with van der Waals surface area (Å²) in [4.78, 5) is 22.4. The number of hydrogen-bond donors (Lipinski definition) is 0. The summed E-state index contributed by atoms with van der Waals surface area (Å²) in [5.41, 5.74) is 2.49. The minimum atomic E-state index is -0.0936. The summed E-state index contributed by atoms with van der Waals surface area (Å²) in [5, 5.41) is 0.795. The minimum absolute atomic E-state index is 0.0936. The van der Waals surface area contributed by atoms with Crippen LogP contribution in [-0.4, -0.2) is 21.6 Å². The summed E-state index contributed by atoms with van der Waals surface area (Å²) in [7, 11) is 1.60. The van der Waals surface area contributed by atoms with Gasteiger partial charge in [-0.1, -0.05) is 17.7 Å². The zero-order chi connectivity index (χ0) is 16.0. The Kier molecular flexibility index (Phi) is 3.12. The Morgan fingerprint density at radius 1 is 1.13 bits per heavy atom. The van der Waals surface area contributed by atoms with Gasteiger partial charge in [-0.2, -0.15) is 0 Å². The molecule has 0 unspecified atom stereocenters. The first-order chi connectivity index (χ1) is 11.2. The summed E-state index contributed by atoms with van der Waals surface area (Å²) < 4.78 is 7.52. The molecule has 3 heterocycles. The molecule has 0 saturated carbocycles. The van der Waals surface area contributed by atoms with E-state index in [4.69, 9.17) is 4.74 Å². The molecule has 0 amide bonds. The van der Waals surface area contributed by atoms with Crippen molar-refractivity contribution in [2.45, 2.75) is 6.92 Å². The lowest BCUT2D eigenvalue weighted by Crippen LogP contribution is -2.17. The number of methoxy groups -OCH3 is 1. The Labute approximate surface area is 135 Å². The summed E-state index contributed by atoms with van der Waals surface area (Å²) in [6, 6.07) is 9.55. The van der Waals surface area contributed by atoms with Gasteiger partial charge in [0.15, 0.2) is 0 Å². The highest BCUT2D eigenvalue weighted by Crippen LogP contribution is 2.35. The summed E-state index contributed by atoms with van der Waals surface area (Å²) in [6.07, 6.45) is 3.24. The van der Waals surface area contributed by atoms with Crippen LogP contribution < -0.4 is 10.3 Å². The van der Waals surface area contributed by atoms with Gasteiger partial charge in [0, 0.05) is 6.20 Å². The van der Waals surface area contributed by atoms with Gasteiger partial charge in [-0.3, -0.25) is 9.36 Å². The second-order valence-corrected chi connectivity index (χ2v) is 6.23. The molecule has 114 valence electrons. The summed E-state index contributed by atoms with van der Waals surface area (Å²) in [6.45, 7) is 2.01. The molecule has 1 aromatic carbocycles. The van der Waals surface area contributed by atoms with Crippen molar-refractivity contribution in [1.82, 2.24) is 14.5 Å². The first-order valence-corrected chi connectivity index (χ1v) is 7.90. The fraction of sp³-hybridized carbons (Fsp3) is 0.118. The molecule has 0 aliphatic rings. The van der Waals surface area contributed by atoms with Gasteiger partial charge in [-0.25, -0.2) is 9.97 Å². The average molecular weight is 323 g/mol. The number of pyridine rings is 1. The van der Waals surface area contributed by atoms with Crippen LogP contribution in [0.3, 0.4) is 0 Å². The van der Waals surface area contributed by atoms with E-state index in [1.807, 2.05) is 31.2 Å². The fourth-order valence-corrected chi connectivity index (χ4v) is 3.63. The Morgan fingerprint density at radius 3 is 2.65 bits per heavy atom. The van der Waals surface area contributed by atoms with Crippen LogP contribution in [0.15, 0.2) is 47.7 Å². The van der Waals surface area contributed by atoms with Crippen molar-refractivity contribution in [3.05, 3.63) is 58.8 Å². The molecule has 4 aromatic rings. The number of aryl methyl sites for hydroxylation is 1. The fourth-order valence-electron chi connectivity index (χ4n) is 2.58. The number of nitrogens with zero attached hydrogens (tertiary/aromatic N) is 3. The van der Waals surface area contributed by atoms with Gasteiger partial charge in [-0.05, 0) is 25.1 Å². The van der Waals surface area contributed by atoms with E-state index in [-0.39, 0.29) is 5.56 Å². The predicted octanol–water partition coefficient (Wildman–Crippen LogP) is 3.31. The summed E-state index contributed by atoms with van der Waals surface area (Å²) in [5.74, 6) is 0.682. The standard InChI is InChI=1S/C17H13N3O2S/c1-10-3-5-11(6-4-10)20-9-19-14-13-12(22-2)7-8-18-16(13)23-15(14)17(20)21/h3-9H,1-2H3. The lowest BCUT2D eigenvalue weighted by atomic mass is 10.2. The topological polar surface area (TPSA) is 57.0 Å². The maximum atomic E-state index is 12.8. The molecule has 6 heteroatoms. The molecule has 0 N–H and O–H groups in total. The number of thiophene rings is 1. The van der Waals surface area contributed by atoms with Crippen molar-refractivity contribution >= 4 is 31.8 Å². The van der Waals surface area contributed by atoms with Gasteiger partial charge >= 0.3 is 0 Å². The van der Waals surface area contributed by atoms with Crippen LogP contribution in [-0.2, 0) is 0 Å². The maximum Gasteiger partial charge on any atom is 0.275 e. The third kappa shape index (κ3) is 2.10. The molecule has 0 saturated heterocycles. The number of benzene rings is 1. The van der Waals surface area contributed by atoms with Crippen LogP contribution in [0.5, 0.6) is 5.75 Å². The third-order valence-electron chi connectivity index (χ3n) is 3.78. The molecule has 23 heavy (non-hydrogen) atoms. The Balaban J connectivity index is 2.04. The second-order valence-electron chi connectivity index (χ2n) is 5.23. The van der Waals surface area contributed by atoms with Gasteiger partial charge in [0.2, 0.25) is 0 Å². The minimum Gasteiger partial charge on any atom is -0.496 e. The number of hydrogen-bond acceptors (Lipinski definition) is 5. The number of rotatable bonds is 2. The summed E-state index contributed by atoms with van der Waals surface area (Å²) >= 11 is 1.34. The molecular weight excluding hydrogens is 310 g/mol. The van der Waals surface area contributed by atoms with Gasteiger partial charge in [0.1, 0.15) is 27.1 Å². The molecule has 0 bridgehead atoms. The van der Waals surface area contributed by atoms with Gasteiger partial charge in [-0.15, -0.1) is 11.3 Å². The van der Waals surface area contributed by atoms with Gasteiger partial charge in [0.25, 0.3) is 5.56 Å². The van der Waals surface area contributed by atoms with Crippen molar-refractivity contribution in [1.29, 1.82) is 0 Å². The van der Waals surface area contributed by atoms with Gasteiger partial charge < -0.3 is 4.74 Å². The van der Waals surface area contributed by atoms with Crippen LogP contribution in [0.2, 0.25) is 0 Å². The molecule has 0 aliphatic carbocycles. The zero-order valence-electron chi connectivity index (χ0n) is 12.6. The van der Waals surface area contributed by atoms with Crippen LogP contribution in [0, 0.1) is 6.92 Å². The van der Waals surface area contributed by atoms with E-state index >= 15 is 0 Å². The largest absolute Gasteiger partial charge is 0.496 e. The first kappa shape index (κ1) is 13.9. The van der Waals surface area contributed by atoms with E-state index in [1.165, 1.54) is 11.3 Å². The smallest absolute Gasteiger partial charge is 0.275 e. The Hall–Kier alpha value is -2.73. The quantitative estimate of drug-likeness (QED) is 0.568. The van der Waals surface area contributed by atoms with Crippen molar-refractivity contribution in [3.8, 4) is 11.4 Å². The molecule has 0 atom stereocenters. The molecule has 0 aliphatic heterocycles. The van der Waals surface area contributed by atoms with E-state index in [0.29, 0.717) is 16.0 Å². The van der Waals surface area contributed by atoms with E-state index in [9.17, 15) is 4.79 Å². The van der Waals surface area contributed by atoms with Gasteiger partial charge in [0.05, 0.1) is 18.2 Å². The Bertz CT molecular complexity index is 1080. The highest BCUT2D eigenvalue weighted by atomic mass is 32.1. The van der Waals surface area contributed by atoms with Crippen LogP contribution >= 0.6 is 11.3 Å². The molecule has 5 nitrogen and oxygen atoms in total. The molecule has 3 aromatic heterocycles. The van der Waals surface area contributed by atoms with Crippen molar-refractivity contribution < 1.29 is 4.74 Å². The molecular formula is C17H13N3O2S. The van der Waals surface area contributed by atoms with Crippen LogP contribution in [0.4, 0.5) is 0 Å². The molecule has 0 spiro atoms. The highest BCUT2D eigenvalue weighted by Gasteiger charge is 2.16. The van der Waals surface area contributed by atoms with Crippen molar-refractivity contribution in [2.75, 3.05) is 7.11 Å². The lowest BCUT2D eigenvalue weighted by Gasteiger charge is -2.05. The normalized spacial score (nSPS) is 11.2. The average Bonchev–Trinajstić information content (AvgIpc) is 2.96. The van der Waals surface area contributed by atoms with Crippen molar-refractivity contribution in [3.63, 3.8) is 0 Å². The number of ether oxygens (including phenoxy) is 1. The third-order valence-corrected chi connectivity index (χ3v) is 4.85. The SMILES string of the molecule is COc1ccnc2sc3c(=O)n(-c4ccc(C)cc4)cnc3c12. The highest BCUT2D eigenvalue weighted by molar-refractivity contribution is 7.25. The van der Waals surface area contributed by atoms with E-state index in [0.717, 1.165) is 21.5 Å². The number of fused-ring (bicyclic) bond motifs is 3. The van der Waals surface area contributed by atoms with Crippen LogP contribution in [0.1, 0.15) is 5.56 Å². The van der Waals surface area contributed by atoms with E-state index in [2.05, 4.69) is 9.97 Å². The Morgan fingerprint density at radius 2 is 1.91 bits per heavy atom. The monoisotopic (exact) mass is 323 g/mol. The molecule has 4 rings (SSSR count). The predicted molar refractivity (Wildman–Crippen MR) is 91.8 cm³/mol. The molecule has 0 radical (unpaired) electrons. The maximum absolute atomic E-state index is 12.8. The van der Waals surface area contributed by atoms with Crippen LogP contribution in [0.25, 0.3) is 26.1 Å². The number of aromatic nitrogens is 3. The molecule has 0 fully saturated rings. The second kappa shape index (κ2) is 5.17. The zero-order valence-corrected chi connectivity index (χ0v) is 13.4.